The van der Waals surface area contributed by atoms with Crippen molar-refractivity contribution >= 4 is 28.4 Å². The van der Waals surface area contributed by atoms with Crippen molar-refractivity contribution in [3.63, 3.8) is 0 Å². The number of H-pyrrole nitrogens is 1. The second-order valence-electron chi connectivity index (χ2n) is 8.45. The molecular weight excluding hydrogens is 458 g/mol. The molecule has 1 aliphatic heterocycles. The quantitative estimate of drug-likeness (QED) is 0.231. The summed E-state index contributed by atoms with van der Waals surface area (Å²) in [5.41, 5.74) is 2.83. The normalized spacial score (nSPS) is 17.1. The number of ketones is 1. The third-order valence-electron chi connectivity index (χ3n) is 6.45. The summed E-state index contributed by atoms with van der Waals surface area (Å²) >= 11 is 0. The standard InChI is InChI=1S/C28H25N3O5/c1-35-19-7-5-6-17(14-19)26(32)24-25(23-8-3-4-12-29-23)31(28(34)27(24)33)13-11-18-16-30-22-10-9-20(36-2)15-21(18)22/h3-10,12,14-16,25,30,32H,11,13H2,1-2H3/t25-/m1/s1. The van der Waals surface area contributed by atoms with E-state index in [0.717, 1.165) is 22.2 Å². The molecule has 1 aliphatic rings. The number of aliphatic hydroxyl groups excluding tert-OH is 1. The number of amides is 1. The Hall–Kier alpha value is -4.59. The molecule has 3 heterocycles. The summed E-state index contributed by atoms with van der Waals surface area (Å²) in [6.45, 7) is 0.255. The Morgan fingerprint density at radius 3 is 2.58 bits per heavy atom. The summed E-state index contributed by atoms with van der Waals surface area (Å²) in [7, 11) is 3.13. The lowest BCUT2D eigenvalue weighted by atomic mass is 9.98. The van der Waals surface area contributed by atoms with Gasteiger partial charge in [-0.1, -0.05) is 18.2 Å². The molecule has 0 unspecified atom stereocenters. The van der Waals surface area contributed by atoms with Crippen LogP contribution in [0.4, 0.5) is 0 Å². The van der Waals surface area contributed by atoms with Crippen molar-refractivity contribution in [2.45, 2.75) is 12.5 Å². The lowest BCUT2D eigenvalue weighted by Crippen LogP contribution is -2.32. The molecule has 2 N–H and O–H groups in total. The summed E-state index contributed by atoms with van der Waals surface area (Å²) in [6, 6.07) is 17.0. The number of likely N-dealkylation sites (tertiary alicyclic amines) is 1. The topological polar surface area (TPSA) is 105 Å². The molecule has 0 spiro atoms. The van der Waals surface area contributed by atoms with E-state index in [1.165, 1.54) is 12.0 Å². The maximum absolute atomic E-state index is 13.2. The monoisotopic (exact) mass is 483 g/mol. The predicted molar refractivity (Wildman–Crippen MR) is 135 cm³/mol. The number of nitrogens with one attached hydrogen (secondary N) is 1. The van der Waals surface area contributed by atoms with Gasteiger partial charge in [0.2, 0.25) is 0 Å². The third-order valence-corrected chi connectivity index (χ3v) is 6.45. The minimum atomic E-state index is -0.822. The third kappa shape index (κ3) is 4.07. The molecule has 8 heteroatoms. The molecule has 2 aromatic heterocycles. The van der Waals surface area contributed by atoms with Gasteiger partial charge in [0.05, 0.1) is 25.5 Å². The smallest absolute Gasteiger partial charge is 0.295 e. The number of hydrogen-bond donors (Lipinski definition) is 2. The fourth-order valence-electron chi connectivity index (χ4n) is 4.61. The number of pyridine rings is 1. The minimum absolute atomic E-state index is 0.00699. The van der Waals surface area contributed by atoms with Crippen LogP contribution in [0.15, 0.2) is 78.6 Å². The van der Waals surface area contributed by atoms with Gasteiger partial charge in [0.1, 0.15) is 23.3 Å². The van der Waals surface area contributed by atoms with Crippen LogP contribution >= 0.6 is 0 Å². The first-order valence-electron chi connectivity index (χ1n) is 11.5. The molecule has 0 bridgehead atoms. The lowest BCUT2D eigenvalue weighted by molar-refractivity contribution is -0.139. The van der Waals surface area contributed by atoms with Crippen LogP contribution in [0.5, 0.6) is 11.5 Å². The number of aromatic nitrogens is 2. The fourth-order valence-corrected chi connectivity index (χ4v) is 4.61. The van der Waals surface area contributed by atoms with Gasteiger partial charge in [-0.05, 0) is 54.4 Å². The van der Waals surface area contributed by atoms with Gasteiger partial charge >= 0.3 is 0 Å². The predicted octanol–water partition coefficient (Wildman–Crippen LogP) is 4.24. The Balaban J connectivity index is 1.54. The molecule has 0 aliphatic carbocycles. The maximum atomic E-state index is 13.2. The van der Waals surface area contributed by atoms with Gasteiger partial charge in [-0.15, -0.1) is 0 Å². The number of hydrogen-bond acceptors (Lipinski definition) is 6. The van der Waals surface area contributed by atoms with E-state index in [1.54, 1.807) is 55.8 Å². The highest BCUT2D eigenvalue weighted by atomic mass is 16.5. The highest BCUT2D eigenvalue weighted by Gasteiger charge is 2.46. The van der Waals surface area contributed by atoms with Crippen molar-refractivity contribution in [3.8, 4) is 11.5 Å². The second kappa shape index (κ2) is 9.58. The van der Waals surface area contributed by atoms with Crippen LogP contribution in [-0.2, 0) is 16.0 Å². The number of aliphatic hydroxyl groups is 1. The maximum Gasteiger partial charge on any atom is 0.295 e. The lowest BCUT2D eigenvalue weighted by Gasteiger charge is -2.24. The summed E-state index contributed by atoms with van der Waals surface area (Å²) in [5, 5.41) is 12.2. The number of carbonyl (C=O) groups excluding carboxylic acids is 2. The van der Waals surface area contributed by atoms with Crippen LogP contribution in [0, 0.1) is 0 Å². The first-order chi connectivity index (χ1) is 17.5. The molecule has 2 aromatic carbocycles. The number of methoxy groups -OCH3 is 2. The first kappa shape index (κ1) is 23.2. The van der Waals surface area contributed by atoms with Gasteiger partial charge in [-0.2, -0.15) is 0 Å². The Morgan fingerprint density at radius 1 is 1.03 bits per heavy atom. The number of rotatable bonds is 7. The van der Waals surface area contributed by atoms with Crippen molar-refractivity contribution < 1.29 is 24.2 Å². The number of aromatic amines is 1. The number of fused-ring (bicyclic) bond motifs is 1. The number of ether oxygens (including phenoxy) is 2. The van der Waals surface area contributed by atoms with E-state index in [2.05, 4.69) is 9.97 Å². The Bertz CT molecular complexity index is 1480. The Morgan fingerprint density at radius 2 is 1.83 bits per heavy atom. The average molecular weight is 484 g/mol. The molecule has 36 heavy (non-hydrogen) atoms. The van der Waals surface area contributed by atoms with Gasteiger partial charge < -0.3 is 24.5 Å². The zero-order valence-corrected chi connectivity index (χ0v) is 19.9. The molecule has 0 saturated carbocycles. The molecule has 5 rings (SSSR count). The Kier molecular flexibility index (Phi) is 6.16. The van der Waals surface area contributed by atoms with Crippen LogP contribution in [-0.4, -0.2) is 52.4 Å². The van der Waals surface area contributed by atoms with E-state index in [-0.39, 0.29) is 17.9 Å². The summed E-state index contributed by atoms with van der Waals surface area (Å²) in [4.78, 5) is 35.6. The average Bonchev–Trinajstić information content (AvgIpc) is 3.44. The van der Waals surface area contributed by atoms with Crippen LogP contribution in [0.2, 0.25) is 0 Å². The Labute approximate surface area is 207 Å². The van der Waals surface area contributed by atoms with E-state index < -0.39 is 17.7 Å². The van der Waals surface area contributed by atoms with E-state index in [4.69, 9.17) is 9.47 Å². The van der Waals surface area contributed by atoms with E-state index in [9.17, 15) is 14.7 Å². The van der Waals surface area contributed by atoms with Crippen LogP contribution in [0.25, 0.3) is 16.7 Å². The van der Waals surface area contributed by atoms with Crippen molar-refractivity contribution in [1.82, 2.24) is 14.9 Å². The van der Waals surface area contributed by atoms with E-state index in [1.807, 2.05) is 24.4 Å². The van der Waals surface area contributed by atoms with E-state index in [0.29, 0.717) is 23.4 Å². The summed E-state index contributed by atoms with van der Waals surface area (Å²) < 4.78 is 10.6. The number of Topliss-reactive ketones (excluding diaryl/α,β-unsaturated/α-hetero) is 1. The number of carbonyl (C=O) groups is 2. The van der Waals surface area contributed by atoms with Crippen molar-refractivity contribution in [3.05, 3.63) is 95.5 Å². The van der Waals surface area contributed by atoms with Gasteiger partial charge in [0.25, 0.3) is 11.7 Å². The molecule has 0 radical (unpaired) electrons. The summed E-state index contributed by atoms with van der Waals surface area (Å²) in [6.07, 6.45) is 3.99. The number of nitrogens with zero attached hydrogens (tertiary/aromatic N) is 2. The molecule has 1 saturated heterocycles. The van der Waals surface area contributed by atoms with E-state index >= 15 is 0 Å². The molecule has 1 atom stereocenters. The first-order valence-corrected chi connectivity index (χ1v) is 11.5. The van der Waals surface area contributed by atoms with Crippen LogP contribution in [0.1, 0.15) is 22.9 Å². The largest absolute Gasteiger partial charge is 0.507 e. The molecule has 8 nitrogen and oxygen atoms in total. The SMILES string of the molecule is COc1cccc(C(O)=C2C(=O)C(=O)N(CCc3c[nH]c4ccc(OC)cc34)[C@@H]2c2ccccn2)c1. The fraction of sp³-hybridized carbons (Fsp3) is 0.179. The van der Waals surface area contributed by atoms with Gasteiger partial charge in [-0.25, -0.2) is 0 Å². The second-order valence-corrected chi connectivity index (χ2v) is 8.45. The zero-order chi connectivity index (χ0) is 25.2. The van der Waals surface area contributed by atoms with Crippen LogP contribution < -0.4 is 9.47 Å². The van der Waals surface area contributed by atoms with Crippen LogP contribution in [0.3, 0.4) is 0 Å². The van der Waals surface area contributed by atoms with Crippen molar-refractivity contribution in [2.24, 2.45) is 0 Å². The van der Waals surface area contributed by atoms with Gasteiger partial charge in [-0.3, -0.25) is 14.6 Å². The minimum Gasteiger partial charge on any atom is -0.507 e. The molecule has 4 aromatic rings. The number of benzene rings is 2. The summed E-state index contributed by atoms with van der Waals surface area (Å²) in [5.74, 6) is -0.422. The zero-order valence-electron chi connectivity index (χ0n) is 19.9. The molecule has 1 amide bonds. The van der Waals surface area contributed by atoms with Gasteiger partial charge in [0, 0.05) is 35.4 Å². The highest BCUT2D eigenvalue weighted by Crippen LogP contribution is 2.39. The highest BCUT2D eigenvalue weighted by molar-refractivity contribution is 6.46. The molecule has 182 valence electrons. The molecule has 1 fully saturated rings. The van der Waals surface area contributed by atoms with Gasteiger partial charge in [0.15, 0.2) is 0 Å². The van der Waals surface area contributed by atoms with Crippen molar-refractivity contribution in [1.29, 1.82) is 0 Å². The van der Waals surface area contributed by atoms with Crippen molar-refractivity contribution in [2.75, 3.05) is 20.8 Å². The molecular formula is C28H25N3O5.